The lowest BCUT2D eigenvalue weighted by atomic mass is 10.1. The number of thiocarbonyl (C=S) groups is 1. The highest BCUT2D eigenvalue weighted by atomic mass is 35.5. The van der Waals surface area contributed by atoms with Gasteiger partial charge < -0.3 is 5.32 Å². The maximum absolute atomic E-state index is 12.8. The number of nitrogens with zero attached hydrogens (tertiary/aromatic N) is 1. The van der Waals surface area contributed by atoms with E-state index in [4.69, 9.17) is 23.8 Å². The molecule has 0 fully saturated rings. The predicted octanol–water partition coefficient (Wildman–Crippen LogP) is 2.30. The van der Waals surface area contributed by atoms with Gasteiger partial charge in [0, 0.05) is 12.6 Å². The van der Waals surface area contributed by atoms with Gasteiger partial charge in [0.05, 0.1) is 10.7 Å². The van der Waals surface area contributed by atoms with Gasteiger partial charge in [0.1, 0.15) is 5.82 Å². The summed E-state index contributed by atoms with van der Waals surface area (Å²) in [7, 11) is 1.69. The third-order valence-electron chi connectivity index (χ3n) is 1.87. The highest BCUT2D eigenvalue weighted by Crippen LogP contribution is 2.17. The van der Waals surface area contributed by atoms with E-state index in [0.717, 1.165) is 0 Å². The van der Waals surface area contributed by atoms with Crippen LogP contribution in [0.3, 0.4) is 0 Å². The molecule has 1 aromatic rings. The van der Waals surface area contributed by atoms with E-state index in [1.54, 1.807) is 20.0 Å². The molecule has 3 nitrogen and oxygen atoms in total. The normalized spacial score (nSPS) is 11.1. The van der Waals surface area contributed by atoms with Gasteiger partial charge in [0.25, 0.3) is 0 Å². The largest absolute Gasteiger partial charge is 0.364 e. The SMILES string of the molecule is CNC(=S)N/N=C(/C)c1ccc(F)cc1Cl. The Morgan fingerprint density at radius 2 is 2.19 bits per heavy atom. The molecule has 0 spiro atoms. The van der Waals surface area contributed by atoms with Crippen molar-refractivity contribution in [2.45, 2.75) is 6.92 Å². The number of halogens is 2. The Balaban J connectivity index is 2.87. The van der Waals surface area contributed by atoms with Gasteiger partial charge in [0.15, 0.2) is 5.11 Å². The van der Waals surface area contributed by atoms with Crippen molar-refractivity contribution in [3.63, 3.8) is 0 Å². The van der Waals surface area contributed by atoms with Gasteiger partial charge in [-0.15, -0.1) is 0 Å². The summed E-state index contributed by atoms with van der Waals surface area (Å²) in [6.45, 7) is 1.75. The van der Waals surface area contributed by atoms with Crippen LogP contribution in [0.1, 0.15) is 12.5 Å². The molecule has 0 aliphatic rings. The van der Waals surface area contributed by atoms with Crippen molar-refractivity contribution in [1.29, 1.82) is 0 Å². The summed E-state index contributed by atoms with van der Waals surface area (Å²) < 4.78 is 12.8. The van der Waals surface area contributed by atoms with E-state index in [2.05, 4.69) is 15.8 Å². The van der Waals surface area contributed by atoms with E-state index < -0.39 is 0 Å². The molecule has 86 valence electrons. The van der Waals surface area contributed by atoms with Crippen molar-refractivity contribution < 1.29 is 4.39 Å². The Labute approximate surface area is 104 Å². The Hall–Kier alpha value is -1.20. The summed E-state index contributed by atoms with van der Waals surface area (Å²) in [5.41, 5.74) is 3.92. The maximum atomic E-state index is 12.8. The Kier molecular flexibility index (Phi) is 4.64. The zero-order valence-electron chi connectivity index (χ0n) is 8.84. The van der Waals surface area contributed by atoms with Gasteiger partial charge in [-0.2, -0.15) is 5.10 Å². The minimum Gasteiger partial charge on any atom is -0.364 e. The van der Waals surface area contributed by atoms with Crippen LogP contribution in [0.2, 0.25) is 5.02 Å². The molecule has 0 radical (unpaired) electrons. The lowest BCUT2D eigenvalue weighted by Crippen LogP contribution is -2.29. The fourth-order valence-electron chi connectivity index (χ4n) is 1.03. The number of hydrazone groups is 1. The minimum absolute atomic E-state index is 0.318. The van der Waals surface area contributed by atoms with Crippen LogP contribution >= 0.6 is 23.8 Å². The van der Waals surface area contributed by atoms with Gasteiger partial charge in [-0.25, -0.2) is 4.39 Å². The molecule has 0 unspecified atom stereocenters. The van der Waals surface area contributed by atoms with Gasteiger partial charge in [-0.05, 0) is 37.3 Å². The van der Waals surface area contributed by atoms with E-state index in [9.17, 15) is 4.39 Å². The summed E-state index contributed by atoms with van der Waals surface area (Å²) in [5.74, 6) is -0.375. The smallest absolute Gasteiger partial charge is 0.186 e. The van der Waals surface area contributed by atoms with E-state index >= 15 is 0 Å². The molecule has 0 amide bonds. The van der Waals surface area contributed by atoms with Gasteiger partial charge >= 0.3 is 0 Å². The summed E-state index contributed by atoms with van der Waals surface area (Å²) in [5, 5.41) is 7.45. The average Bonchev–Trinajstić information content (AvgIpc) is 2.25. The fraction of sp³-hybridized carbons (Fsp3) is 0.200. The molecule has 0 saturated heterocycles. The molecule has 0 aromatic heterocycles. The first-order chi connectivity index (χ1) is 7.54. The molecule has 0 bridgehead atoms. The second-order valence-electron chi connectivity index (χ2n) is 3.01. The molecule has 6 heteroatoms. The van der Waals surface area contributed by atoms with Crippen LogP contribution in [0, 0.1) is 5.82 Å². The number of nitrogens with one attached hydrogen (secondary N) is 2. The van der Waals surface area contributed by atoms with E-state index in [1.807, 2.05) is 0 Å². The zero-order chi connectivity index (χ0) is 12.1. The zero-order valence-corrected chi connectivity index (χ0v) is 10.4. The molecule has 0 aliphatic carbocycles. The quantitative estimate of drug-likeness (QED) is 0.486. The molecule has 16 heavy (non-hydrogen) atoms. The molecule has 2 N–H and O–H groups in total. The van der Waals surface area contributed by atoms with Crippen LogP contribution in [-0.2, 0) is 0 Å². The van der Waals surface area contributed by atoms with Crippen LogP contribution in [0.25, 0.3) is 0 Å². The van der Waals surface area contributed by atoms with Crippen LogP contribution in [0.5, 0.6) is 0 Å². The lowest BCUT2D eigenvalue weighted by molar-refractivity contribution is 0.628. The van der Waals surface area contributed by atoms with E-state index in [1.165, 1.54) is 12.1 Å². The molecule has 0 aliphatic heterocycles. The van der Waals surface area contributed by atoms with Crippen molar-refractivity contribution in [1.82, 2.24) is 10.7 Å². The fourth-order valence-corrected chi connectivity index (χ4v) is 1.38. The van der Waals surface area contributed by atoms with E-state index in [0.29, 0.717) is 21.4 Å². The first kappa shape index (κ1) is 12.9. The number of hydrogen-bond acceptors (Lipinski definition) is 2. The third kappa shape index (κ3) is 3.43. The molecule has 0 atom stereocenters. The number of rotatable bonds is 2. The predicted molar refractivity (Wildman–Crippen MR) is 68.4 cm³/mol. The molecular formula is C10H11ClFN3S. The lowest BCUT2D eigenvalue weighted by Gasteiger charge is -2.05. The van der Waals surface area contributed by atoms with Gasteiger partial charge in [0.2, 0.25) is 0 Å². The highest BCUT2D eigenvalue weighted by molar-refractivity contribution is 7.80. The highest BCUT2D eigenvalue weighted by Gasteiger charge is 2.05. The number of hydrogen-bond donors (Lipinski definition) is 2. The molecule has 1 aromatic carbocycles. The van der Waals surface area contributed by atoms with Crippen molar-refractivity contribution >= 4 is 34.6 Å². The van der Waals surface area contributed by atoms with Gasteiger partial charge in [-0.3, -0.25) is 5.43 Å². The second kappa shape index (κ2) is 5.77. The topological polar surface area (TPSA) is 36.4 Å². The Bertz CT molecular complexity index is 434. The van der Waals surface area contributed by atoms with E-state index in [-0.39, 0.29) is 5.82 Å². The summed E-state index contributed by atoms with van der Waals surface area (Å²) in [4.78, 5) is 0. The Morgan fingerprint density at radius 1 is 1.50 bits per heavy atom. The maximum Gasteiger partial charge on any atom is 0.186 e. The van der Waals surface area contributed by atoms with Crippen molar-refractivity contribution in [2.75, 3.05) is 7.05 Å². The van der Waals surface area contributed by atoms with Crippen LogP contribution < -0.4 is 10.7 Å². The minimum atomic E-state index is -0.375. The Morgan fingerprint density at radius 3 is 2.75 bits per heavy atom. The average molecular weight is 260 g/mol. The monoisotopic (exact) mass is 259 g/mol. The summed E-state index contributed by atoms with van der Waals surface area (Å²) >= 11 is 10.7. The first-order valence-corrected chi connectivity index (χ1v) is 5.30. The molecular weight excluding hydrogens is 249 g/mol. The molecule has 1 rings (SSSR count). The van der Waals surface area contributed by atoms with Crippen molar-refractivity contribution in [3.8, 4) is 0 Å². The number of benzene rings is 1. The second-order valence-corrected chi connectivity index (χ2v) is 3.83. The molecule has 0 saturated carbocycles. The van der Waals surface area contributed by atoms with Crippen molar-refractivity contribution in [2.24, 2.45) is 5.10 Å². The van der Waals surface area contributed by atoms with Crippen molar-refractivity contribution in [3.05, 3.63) is 34.6 Å². The summed E-state index contributed by atoms with van der Waals surface area (Å²) in [6.07, 6.45) is 0. The third-order valence-corrected chi connectivity index (χ3v) is 2.48. The first-order valence-electron chi connectivity index (χ1n) is 4.52. The molecule has 0 heterocycles. The summed E-state index contributed by atoms with van der Waals surface area (Å²) in [6, 6.07) is 4.14. The van der Waals surface area contributed by atoms with Gasteiger partial charge in [-0.1, -0.05) is 11.6 Å². The standard InChI is InChI=1S/C10H11ClFN3S/c1-6(14-15-10(16)13-2)8-4-3-7(12)5-9(8)11/h3-5H,1-2H3,(H2,13,15,16)/b14-6-. The van der Waals surface area contributed by atoms with Crippen LogP contribution in [-0.4, -0.2) is 17.9 Å². The van der Waals surface area contributed by atoms with Crippen LogP contribution in [0.15, 0.2) is 23.3 Å². The van der Waals surface area contributed by atoms with Crippen LogP contribution in [0.4, 0.5) is 4.39 Å².